The predicted octanol–water partition coefficient (Wildman–Crippen LogP) is 3.63. The van der Waals surface area contributed by atoms with Crippen LogP contribution in [0.4, 0.5) is 4.48 Å². The molecule has 1 aliphatic heterocycles. The number of aldehydes is 1. The summed E-state index contributed by atoms with van der Waals surface area (Å²) in [4.78, 5) is 14.2. The second-order valence-electron chi connectivity index (χ2n) is 6.09. The number of rotatable bonds is 2. The molecular formula is C18H20FN3OS. The number of nitrogens with zero attached hydrogens (tertiary/aromatic N) is 2. The number of hydrogen-bond acceptors (Lipinski definition) is 4. The first-order valence-corrected chi connectivity index (χ1v) is 8.62. The van der Waals surface area contributed by atoms with E-state index in [1.54, 1.807) is 0 Å². The first-order chi connectivity index (χ1) is 11.7. The van der Waals surface area contributed by atoms with Crippen LogP contribution in [0.1, 0.15) is 26.5 Å². The van der Waals surface area contributed by atoms with Gasteiger partial charge in [-0.15, -0.1) is 15.8 Å². The maximum Gasteiger partial charge on any atom is 0.160 e. The third-order valence-electron chi connectivity index (χ3n) is 4.47. The molecule has 2 aromatic heterocycles. The molecule has 0 radical (unpaired) electrons. The predicted molar refractivity (Wildman–Crippen MR) is 96.6 cm³/mol. The van der Waals surface area contributed by atoms with E-state index < -0.39 is 0 Å². The molecule has 0 saturated carbocycles. The molecule has 0 spiro atoms. The molecule has 2 N–H and O–H groups in total. The lowest BCUT2D eigenvalue weighted by Gasteiger charge is -2.24. The van der Waals surface area contributed by atoms with Crippen molar-refractivity contribution < 1.29 is 9.28 Å². The minimum atomic E-state index is 0.783. The van der Waals surface area contributed by atoms with Gasteiger partial charge in [-0.25, -0.2) is 0 Å². The summed E-state index contributed by atoms with van der Waals surface area (Å²) in [5, 5.41) is 3.43. The highest BCUT2D eigenvalue weighted by Gasteiger charge is 2.23. The standard InChI is InChI=1S/C18H18N2OS.FH2N/c1-12-3-4-17-15(7-12)16-9-19(2)6-5-18(16)20(17)13-8-14(10-21)22-11-13;1-2/h3-4,7-8,10-11H,5-6,9H2,1-2H3;2H2. The van der Waals surface area contributed by atoms with E-state index in [0.717, 1.165) is 36.4 Å². The van der Waals surface area contributed by atoms with Crippen molar-refractivity contribution in [3.63, 3.8) is 0 Å². The van der Waals surface area contributed by atoms with E-state index in [0.29, 0.717) is 0 Å². The lowest BCUT2D eigenvalue weighted by Crippen LogP contribution is -2.27. The van der Waals surface area contributed by atoms with Gasteiger partial charge < -0.3 is 9.47 Å². The monoisotopic (exact) mass is 345 g/mol. The Morgan fingerprint density at radius 1 is 1.29 bits per heavy atom. The fourth-order valence-corrected chi connectivity index (χ4v) is 4.10. The number of aromatic nitrogens is 1. The van der Waals surface area contributed by atoms with Gasteiger partial charge >= 0.3 is 0 Å². The summed E-state index contributed by atoms with van der Waals surface area (Å²) in [6, 6.07) is 8.66. The first-order valence-electron chi connectivity index (χ1n) is 7.74. The molecule has 3 aromatic rings. The van der Waals surface area contributed by atoms with E-state index in [9.17, 15) is 4.79 Å². The fraction of sp³-hybridized carbons (Fsp3) is 0.278. The number of halogens is 1. The van der Waals surface area contributed by atoms with E-state index in [4.69, 9.17) is 4.48 Å². The average molecular weight is 345 g/mol. The smallest absolute Gasteiger partial charge is 0.160 e. The van der Waals surface area contributed by atoms with Crippen molar-refractivity contribution in [2.24, 2.45) is 5.96 Å². The van der Waals surface area contributed by atoms with Crippen molar-refractivity contribution >= 4 is 28.5 Å². The topological polar surface area (TPSA) is 51.3 Å². The fourth-order valence-electron chi connectivity index (χ4n) is 3.42. The molecule has 4 nitrogen and oxygen atoms in total. The van der Waals surface area contributed by atoms with E-state index >= 15 is 0 Å². The van der Waals surface area contributed by atoms with Crippen LogP contribution in [-0.2, 0) is 13.0 Å². The largest absolute Gasteiger partial charge is 0.312 e. The van der Waals surface area contributed by atoms with Gasteiger partial charge in [0.1, 0.15) is 0 Å². The molecule has 0 fully saturated rings. The van der Waals surface area contributed by atoms with Crippen LogP contribution in [0.15, 0.2) is 29.6 Å². The summed E-state index contributed by atoms with van der Waals surface area (Å²) in [6.45, 7) is 4.21. The van der Waals surface area contributed by atoms with Crippen LogP contribution >= 0.6 is 11.3 Å². The number of nitrogens with two attached hydrogens (primary N) is 1. The van der Waals surface area contributed by atoms with Crippen LogP contribution in [0.3, 0.4) is 0 Å². The molecule has 0 aliphatic carbocycles. The quantitative estimate of drug-likeness (QED) is 0.570. The summed E-state index contributed by atoms with van der Waals surface area (Å²) < 4.78 is 11.3. The second kappa shape index (κ2) is 6.84. The van der Waals surface area contributed by atoms with Crippen LogP contribution in [-0.4, -0.2) is 29.3 Å². The Kier molecular flexibility index (Phi) is 4.80. The lowest BCUT2D eigenvalue weighted by atomic mass is 10.0. The van der Waals surface area contributed by atoms with Crippen molar-refractivity contribution in [2.45, 2.75) is 19.9 Å². The van der Waals surface area contributed by atoms with Crippen LogP contribution in [0.25, 0.3) is 16.6 Å². The van der Waals surface area contributed by atoms with Crippen molar-refractivity contribution in [3.8, 4) is 5.69 Å². The van der Waals surface area contributed by atoms with Gasteiger partial charge in [0, 0.05) is 36.0 Å². The van der Waals surface area contributed by atoms with E-state index in [1.807, 2.05) is 6.07 Å². The maximum absolute atomic E-state index is 11.0. The molecule has 0 amide bonds. The molecule has 1 aromatic carbocycles. The normalized spacial score (nSPS) is 14.2. The number of fused-ring (bicyclic) bond motifs is 3. The number of carbonyl (C=O) groups excluding carboxylic acids is 1. The Balaban J connectivity index is 0.000000815. The molecule has 24 heavy (non-hydrogen) atoms. The summed E-state index contributed by atoms with van der Waals surface area (Å²) in [5.41, 5.74) is 6.49. The van der Waals surface area contributed by atoms with Gasteiger partial charge in [0.25, 0.3) is 0 Å². The average Bonchev–Trinajstić information content (AvgIpc) is 3.18. The van der Waals surface area contributed by atoms with Gasteiger partial charge in [-0.05, 0) is 37.7 Å². The van der Waals surface area contributed by atoms with Crippen LogP contribution < -0.4 is 5.96 Å². The Bertz CT molecular complexity index is 884. The number of likely N-dealkylation sites (N-methyl/N-ethyl adjacent to an activating group) is 1. The third-order valence-corrected chi connectivity index (χ3v) is 5.32. The maximum atomic E-state index is 11.0. The lowest BCUT2D eigenvalue weighted by molar-refractivity contribution is 0.112. The first kappa shape index (κ1) is 16.8. The zero-order valence-corrected chi connectivity index (χ0v) is 14.6. The third kappa shape index (κ3) is 2.77. The minimum absolute atomic E-state index is 0.783. The molecule has 3 heterocycles. The van der Waals surface area contributed by atoms with E-state index in [2.05, 4.69) is 53.0 Å². The molecule has 0 saturated heterocycles. The summed E-state index contributed by atoms with van der Waals surface area (Å²) in [5.74, 6) is 3.00. The van der Waals surface area contributed by atoms with Crippen molar-refractivity contribution in [1.82, 2.24) is 9.47 Å². The minimum Gasteiger partial charge on any atom is -0.312 e. The van der Waals surface area contributed by atoms with Crippen molar-refractivity contribution in [1.29, 1.82) is 0 Å². The zero-order chi connectivity index (χ0) is 17.3. The molecule has 126 valence electrons. The molecule has 0 unspecified atom stereocenters. The zero-order valence-electron chi connectivity index (χ0n) is 13.8. The Hall–Kier alpha value is -2.02. The summed E-state index contributed by atoms with van der Waals surface area (Å²) >= 11 is 1.51. The Morgan fingerprint density at radius 2 is 2.08 bits per heavy atom. The van der Waals surface area contributed by atoms with Crippen molar-refractivity contribution in [3.05, 3.63) is 51.3 Å². The molecule has 0 atom stereocenters. The van der Waals surface area contributed by atoms with Crippen LogP contribution in [0, 0.1) is 6.92 Å². The van der Waals surface area contributed by atoms with Gasteiger partial charge in [0.05, 0.1) is 16.1 Å². The van der Waals surface area contributed by atoms with Gasteiger partial charge in [0.2, 0.25) is 0 Å². The summed E-state index contributed by atoms with van der Waals surface area (Å²) in [7, 11) is 2.18. The summed E-state index contributed by atoms with van der Waals surface area (Å²) in [6.07, 6.45) is 1.98. The number of thiophene rings is 1. The number of hydrogen-bond donors (Lipinski definition) is 1. The van der Waals surface area contributed by atoms with Crippen LogP contribution in [0.2, 0.25) is 0 Å². The van der Waals surface area contributed by atoms with Gasteiger partial charge in [-0.2, -0.15) is 5.96 Å². The second-order valence-corrected chi connectivity index (χ2v) is 7.04. The van der Waals surface area contributed by atoms with Gasteiger partial charge in [-0.3, -0.25) is 4.79 Å². The Morgan fingerprint density at radius 3 is 2.79 bits per heavy atom. The van der Waals surface area contributed by atoms with E-state index in [-0.39, 0.29) is 0 Å². The van der Waals surface area contributed by atoms with Gasteiger partial charge in [0.15, 0.2) is 6.29 Å². The van der Waals surface area contributed by atoms with Crippen molar-refractivity contribution in [2.75, 3.05) is 13.6 Å². The highest BCUT2D eigenvalue weighted by atomic mass is 32.1. The number of carbonyl (C=O) groups is 1. The molecule has 6 heteroatoms. The van der Waals surface area contributed by atoms with E-state index in [1.165, 1.54) is 39.1 Å². The van der Waals surface area contributed by atoms with Crippen LogP contribution in [0.5, 0.6) is 0 Å². The molecule has 0 bridgehead atoms. The number of benzene rings is 1. The van der Waals surface area contributed by atoms with Gasteiger partial charge in [-0.1, -0.05) is 11.6 Å². The molecule has 4 rings (SSSR count). The highest BCUT2D eigenvalue weighted by molar-refractivity contribution is 7.12. The Labute approximate surface area is 144 Å². The highest BCUT2D eigenvalue weighted by Crippen LogP contribution is 2.34. The SMILES string of the molecule is Cc1ccc2c(c1)c1c(n2-c2csc(C=O)c2)CCN(C)C1.NF. The molecule has 1 aliphatic rings. The number of aryl methyl sites for hydroxylation is 1. The molecular weight excluding hydrogens is 325 g/mol.